The monoisotopic (exact) mass is 246 g/mol. The molecule has 96 valence electrons. The summed E-state index contributed by atoms with van der Waals surface area (Å²) < 4.78 is 10.9. The molecule has 2 heterocycles. The smallest absolute Gasteiger partial charge is 0.168 e. The molecule has 0 radical (unpaired) electrons. The molecule has 3 unspecified atom stereocenters. The first kappa shape index (κ1) is 11.7. The number of benzene rings is 1. The zero-order chi connectivity index (χ0) is 12.7. The molecular formula is C15H18O3. The van der Waals surface area contributed by atoms with Gasteiger partial charge in [-0.3, -0.25) is 4.79 Å². The van der Waals surface area contributed by atoms with Crippen LogP contribution in [0.5, 0.6) is 5.75 Å². The number of Topliss-reactive ketones (excluding diaryl/α,β-unsaturated/α-hetero) is 1. The SMILES string of the molecule is COc1ccc(C(=O)C2CC3CCC2O3)c(C)c1. The van der Waals surface area contributed by atoms with Crippen LogP contribution in [-0.2, 0) is 4.74 Å². The maximum Gasteiger partial charge on any atom is 0.168 e. The van der Waals surface area contributed by atoms with Gasteiger partial charge < -0.3 is 9.47 Å². The lowest BCUT2D eigenvalue weighted by Gasteiger charge is -2.18. The number of ether oxygens (including phenoxy) is 2. The summed E-state index contributed by atoms with van der Waals surface area (Å²) in [7, 11) is 1.64. The standard InChI is InChI=1S/C15H18O3/c1-9-7-10(17-2)3-5-12(9)15(16)13-8-11-4-6-14(13)18-11/h3,5,7,11,13-14H,4,6,8H2,1-2H3. The van der Waals surface area contributed by atoms with Gasteiger partial charge in [-0.2, -0.15) is 0 Å². The first-order valence-corrected chi connectivity index (χ1v) is 6.53. The van der Waals surface area contributed by atoms with Crippen molar-refractivity contribution in [1.82, 2.24) is 0 Å². The van der Waals surface area contributed by atoms with Crippen molar-refractivity contribution in [2.75, 3.05) is 7.11 Å². The van der Waals surface area contributed by atoms with Gasteiger partial charge in [0.15, 0.2) is 5.78 Å². The fourth-order valence-electron chi connectivity index (χ4n) is 3.15. The second kappa shape index (κ2) is 4.39. The topological polar surface area (TPSA) is 35.5 Å². The summed E-state index contributed by atoms with van der Waals surface area (Å²) in [5.74, 6) is 1.10. The van der Waals surface area contributed by atoms with Crippen molar-refractivity contribution in [3.8, 4) is 5.75 Å². The number of methoxy groups -OCH3 is 1. The minimum atomic E-state index is 0.0656. The summed E-state index contributed by atoms with van der Waals surface area (Å²) in [4.78, 5) is 12.5. The first-order valence-electron chi connectivity index (χ1n) is 6.53. The molecule has 0 saturated carbocycles. The Kier molecular flexibility index (Phi) is 2.86. The van der Waals surface area contributed by atoms with E-state index in [-0.39, 0.29) is 17.8 Å². The van der Waals surface area contributed by atoms with Gasteiger partial charge in [0.2, 0.25) is 0 Å². The number of aryl methyl sites for hydroxylation is 1. The van der Waals surface area contributed by atoms with Gasteiger partial charge in [-0.1, -0.05) is 0 Å². The van der Waals surface area contributed by atoms with Crippen molar-refractivity contribution >= 4 is 5.78 Å². The predicted octanol–water partition coefficient (Wildman–Crippen LogP) is 2.75. The van der Waals surface area contributed by atoms with Crippen LogP contribution in [0.4, 0.5) is 0 Å². The van der Waals surface area contributed by atoms with Crippen LogP contribution < -0.4 is 4.74 Å². The average molecular weight is 246 g/mol. The van der Waals surface area contributed by atoms with Crippen LogP contribution in [0.25, 0.3) is 0 Å². The van der Waals surface area contributed by atoms with Crippen LogP contribution in [0.3, 0.4) is 0 Å². The van der Waals surface area contributed by atoms with Crippen LogP contribution >= 0.6 is 0 Å². The van der Waals surface area contributed by atoms with E-state index in [1.807, 2.05) is 25.1 Å². The minimum absolute atomic E-state index is 0.0656. The molecule has 3 nitrogen and oxygen atoms in total. The van der Waals surface area contributed by atoms with Crippen LogP contribution in [0, 0.1) is 12.8 Å². The van der Waals surface area contributed by atoms with Gasteiger partial charge >= 0.3 is 0 Å². The van der Waals surface area contributed by atoms with Gasteiger partial charge in [0.25, 0.3) is 0 Å². The third-order valence-electron chi connectivity index (χ3n) is 4.14. The molecule has 3 rings (SSSR count). The van der Waals surface area contributed by atoms with E-state index in [2.05, 4.69) is 0 Å². The van der Waals surface area contributed by atoms with E-state index < -0.39 is 0 Å². The molecule has 1 aromatic carbocycles. The molecular weight excluding hydrogens is 228 g/mol. The van der Waals surface area contributed by atoms with E-state index in [0.29, 0.717) is 6.10 Å². The highest BCUT2D eigenvalue weighted by Gasteiger charge is 2.44. The fraction of sp³-hybridized carbons (Fsp3) is 0.533. The zero-order valence-corrected chi connectivity index (χ0v) is 10.8. The summed E-state index contributed by atoms with van der Waals surface area (Å²) in [6, 6.07) is 5.65. The lowest BCUT2D eigenvalue weighted by Crippen LogP contribution is -2.25. The van der Waals surface area contributed by atoms with Crippen molar-refractivity contribution in [1.29, 1.82) is 0 Å². The molecule has 3 atom stereocenters. The van der Waals surface area contributed by atoms with Crippen LogP contribution in [-0.4, -0.2) is 25.1 Å². The number of rotatable bonds is 3. The summed E-state index contributed by atoms with van der Waals surface area (Å²) in [6.45, 7) is 1.96. The van der Waals surface area contributed by atoms with Crippen molar-refractivity contribution in [2.24, 2.45) is 5.92 Å². The van der Waals surface area contributed by atoms with E-state index in [0.717, 1.165) is 36.1 Å². The number of hydrogen-bond donors (Lipinski definition) is 0. The van der Waals surface area contributed by atoms with E-state index in [4.69, 9.17) is 9.47 Å². The molecule has 0 aliphatic carbocycles. The van der Waals surface area contributed by atoms with Crippen LogP contribution in [0.2, 0.25) is 0 Å². The normalized spacial score (nSPS) is 29.6. The zero-order valence-electron chi connectivity index (χ0n) is 10.8. The molecule has 1 aromatic rings. The van der Waals surface area contributed by atoms with Gasteiger partial charge in [-0.05, 0) is 49.9 Å². The predicted molar refractivity (Wildman–Crippen MR) is 68.1 cm³/mol. The molecule has 2 aliphatic rings. The average Bonchev–Trinajstić information content (AvgIpc) is 3.00. The Morgan fingerprint density at radius 1 is 1.39 bits per heavy atom. The number of fused-ring (bicyclic) bond motifs is 2. The Morgan fingerprint density at radius 3 is 2.78 bits per heavy atom. The van der Waals surface area contributed by atoms with Gasteiger partial charge in [0, 0.05) is 5.56 Å². The summed E-state index contributed by atoms with van der Waals surface area (Å²) in [6.07, 6.45) is 3.54. The fourth-order valence-corrected chi connectivity index (χ4v) is 3.15. The highest BCUT2D eigenvalue weighted by atomic mass is 16.5. The van der Waals surface area contributed by atoms with Gasteiger partial charge in [-0.25, -0.2) is 0 Å². The Balaban J connectivity index is 1.84. The molecule has 18 heavy (non-hydrogen) atoms. The van der Waals surface area contributed by atoms with E-state index >= 15 is 0 Å². The van der Waals surface area contributed by atoms with E-state index in [9.17, 15) is 4.79 Å². The molecule has 2 saturated heterocycles. The second-order valence-corrected chi connectivity index (χ2v) is 5.26. The second-order valence-electron chi connectivity index (χ2n) is 5.26. The summed E-state index contributed by atoms with van der Waals surface area (Å²) in [5, 5.41) is 0. The van der Waals surface area contributed by atoms with Crippen LogP contribution in [0.1, 0.15) is 35.2 Å². The lowest BCUT2D eigenvalue weighted by molar-refractivity contribution is 0.0743. The van der Waals surface area contributed by atoms with E-state index in [1.165, 1.54) is 0 Å². The molecule has 0 amide bonds. The highest BCUT2D eigenvalue weighted by molar-refractivity contribution is 5.99. The molecule has 2 bridgehead atoms. The highest BCUT2D eigenvalue weighted by Crippen LogP contribution is 2.40. The molecule has 2 fully saturated rings. The number of carbonyl (C=O) groups excluding carboxylic acids is 1. The Morgan fingerprint density at radius 2 is 2.22 bits per heavy atom. The number of carbonyl (C=O) groups is 1. The minimum Gasteiger partial charge on any atom is -0.497 e. The van der Waals surface area contributed by atoms with E-state index in [1.54, 1.807) is 7.11 Å². The third kappa shape index (κ3) is 1.83. The molecule has 3 heteroatoms. The molecule has 0 N–H and O–H groups in total. The van der Waals surface area contributed by atoms with Gasteiger partial charge in [0.05, 0.1) is 25.2 Å². The van der Waals surface area contributed by atoms with Crippen molar-refractivity contribution in [3.63, 3.8) is 0 Å². The van der Waals surface area contributed by atoms with Crippen LogP contribution in [0.15, 0.2) is 18.2 Å². The number of hydrogen-bond acceptors (Lipinski definition) is 3. The third-order valence-corrected chi connectivity index (χ3v) is 4.14. The Bertz CT molecular complexity index is 481. The van der Waals surface area contributed by atoms with Gasteiger partial charge in [0.1, 0.15) is 5.75 Å². The summed E-state index contributed by atoms with van der Waals surface area (Å²) >= 11 is 0. The lowest BCUT2D eigenvalue weighted by atomic mass is 9.83. The largest absolute Gasteiger partial charge is 0.497 e. The van der Waals surface area contributed by atoms with Crippen molar-refractivity contribution in [2.45, 2.75) is 38.4 Å². The summed E-state index contributed by atoms with van der Waals surface area (Å²) in [5.41, 5.74) is 1.80. The Labute approximate surface area is 107 Å². The molecule has 0 aromatic heterocycles. The quantitative estimate of drug-likeness (QED) is 0.769. The maximum absolute atomic E-state index is 12.5. The molecule has 2 aliphatic heterocycles. The van der Waals surface area contributed by atoms with Crippen molar-refractivity contribution < 1.29 is 14.3 Å². The number of ketones is 1. The maximum atomic E-state index is 12.5. The molecule has 0 spiro atoms. The van der Waals surface area contributed by atoms with Gasteiger partial charge in [-0.15, -0.1) is 0 Å². The van der Waals surface area contributed by atoms with Crippen molar-refractivity contribution in [3.05, 3.63) is 29.3 Å². The first-order chi connectivity index (χ1) is 8.69. The Hall–Kier alpha value is -1.35.